The van der Waals surface area contributed by atoms with Crippen LogP contribution in [0.4, 0.5) is 27.6 Å². The third kappa shape index (κ3) is 7.78. The van der Waals surface area contributed by atoms with Gasteiger partial charge in [0.25, 0.3) is 0 Å². The van der Waals surface area contributed by atoms with Crippen molar-refractivity contribution in [2.24, 2.45) is 0 Å². The Labute approximate surface area is 186 Å². The molecule has 6 nitrogen and oxygen atoms in total. The van der Waals surface area contributed by atoms with Crippen LogP contribution in [0.15, 0.2) is 48.5 Å². The maximum Gasteiger partial charge on any atom is 0.471 e. The molecule has 0 atom stereocenters. The number of halogens is 5. The molecule has 1 N–H and O–H groups in total. The Kier molecular flexibility index (Phi) is 8.78. The molecule has 2 aromatic carbocycles. The van der Waals surface area contributed by atoms with Crippen LogP contribution in [0.3, 0.4) is 0 Å². The maximum atomic E-state index is 12.7. The molecular weight excluding hydrogens is 451 g/mol. The second kappa shape index (κ2) is 11.3. The summed E-state index contributed by atoms with van der Waals surface area (Å²) in [6, 6.07) is 10.2. The topological polar surface area (TPSA) is 67.9 Å². The van der Waals surface area contributed by atoms with Gasteiger partial charge in [-0.25, -0.2) is 0 Å². The molecular formula is C22H21F5N2O4. The average Bonchev–Trinajstić information content (AvgIpc) is 2.75. The number of rotatable bonds is 9. The highest BCUT2D eigenvalue weighted by Crippen LogP contribution is 2.30. The second-order valence-corrected chi connectivity index (χ2v) is 6.63. The average molecular weight is 472 g/mol. The van der Waals surface area contributed by atoms with Gasteiger partial charge in [-0.3, -0.25) is 9.59 Å². The molecule has 178 valence electrons. The Morgan fingerprint density at radius 2 is 1.85 bits per heavy atom. The summed E-state index contributed by atoms with van der Waals surface area (Å²) >= 11 is 0. The van der Waals surface area contributed by atoms with E-state index in [9.17, 15) is 31.5 Å². The maximum absolute atomic E-state index is 12.7. The molecule has 0 fully saturated rings. The summed E-state index contributed by atoms with van der Waals surface area (Å²) in [5, 5.41) is 2.56. The Morgan fingerprint density at radius 1 is 1.12 bits per heavy atom. The normalized spacial score (nSPS) is 11.5. The van der Waals surface area contributed by atoms with Crippen LogP contribution in [0.5, 0.6) is 11.5 Å². The molecule has 0 saturated carbocycles. The zero-order chi connectivity index (χ0) is 24.6. The molecule has 0 aliphatic carbocycles. The van der Waals surface area contributed by atoms with E-state index in [1.165, 1.54) is 68.7 Å². The number of ether oxygens (including phenoxy) is 2. The summed E-state index contributed by atoms with van der Waals surface area (Å²) in [7, 11) is 1.28. The van der Waals surface area contributed by atoms with Gasteiger partial charge < -0.3 is 19.7 Å². The Bertz CT molecular complexity index is 1010. The van der Waals surface area contributed by atoms with Crippen LogP contribution in [0.1, 0.15) is 18.1 Å². The highest BCUT2D eigenvalue weighted by Gasteiger charge is 2.41. The highest BCUT2D eigenvalue weighted by atomic mass is 19.4. The van der Waals surface area contributed by atoms with Crippen LogP contribution in [-0.2, 0) is 16.1 Å². The first kappa shape index (κ1) is 25.6. The summed E-state index contributed by atoms with van der Waals surface area (Å²) in [6.45, 7) is -2.00. The molecule has 0 radical (unpaired) electrons. The third-order valence-electron chi connectivity index (χ3n) is 4.31. The molecule has 0 aliphatic heterocycles. The minimum Gasteiger partial charge on any atom is -0.493 e. The first-order chi connectivity index (χ1) is 15.5. The number of carbonyl (C=O) groups is 2. The number of nitrogens with one attached hydrogen (secondary N) is 1. The predicted octanol–water partition coefficient (Wildman–Crippen LogP) is 4.86. The van der Waals surface area contributed by atoms with Crippen molar-refractivity contribution < 1.29 is 41.0 Å². The zero-order valence-electron chi connectivity index (χ0n) is 17.7. The molecule has 2 rings (SSSR count). The van der Waals surface area contributed by atoms with E-state index in [4.69, 9.17) is 4.74 Å². The van der Waals surface area contributed by atoms with Gasteiger partial charge in [0, 0.05) is 24.9 Å². The van der Waals surface area contributed by atoms with Crippen molar-refractivity contribution in [2.45, 2.75) is 26.3 Å². The number of alkyl halides is 5. The summed E-state index contributed by atoms with van der Waals surface area (Å²) in [6.07, 6.45) is -2.38. The van der Waals surface area contributed by atoms with Crippen molar-refractivity contribution in [3.8, 4) is 11.5 Å². The van der Waals surface area contributed by atoms with Crippen LogP contribution in [0.2, 0.25) is 0 Å². The van der Waals surface area contributed by atoms with E-state index in [0.29, 0.717) is 21.7 Å². The number of amides is 2. The van der Waals surface area contributed by atoms with Gasteiger partial charge in [0.15, 0.2) is 11.5 Å². The Morgan fingerprint density at radius 3 is 2.45 bits per heavy atom. The summed E-state index contributed by atoms with van der Waals surface area (Å²) < 4.78 is 72.2. The Hall–Kier alpha value is -3.63. The van der Waals surface area contributed by atoms with Crippen molar-refractivity contribution in [3.05, 3.63) is 59.7 Å². The van der Waals surface area contributed by atoms with Crippen LogP contribution < -0.4 is 14.8 Å². The largest absolute Gasteiger partial charge is 0.493 e. The van der Waals surface area contributed by atoms with E-state index in [2.05, 4.69) is 10.1 Å². The SMILES string of the molecule is CCN(Cc1cccc(NC(=O)/C=C/c2ccc(OC(F)F)c(OC)c2)c1)C(=O)C(F)(F)F. The highest BCUT2D eigenvalue weighted by molar-refractivity contribution is 6.02. The van der Waals surface area contributed by atoms with Gasteiger partial charge in [0.2, 0.25) is 5.91 Å². The first-order valence-corrected chi connectivity index (χ1v) is 9.60. The lowest BCUT2D eigenvalue weighted by molar-refractivity contribution is -0.185. The minimum atomic E-state index is -4.97. The van der Waals surface area contributed by atoms with E-state index < -0.39 is 24.6 Å². The van der Waals surface area contributed by atoms with Gasteiger partial charge in [-0.2, -0.15) is 22.0 Å². The second-order valence-electron chi connectivity index (χ2n) is 6.63. The van der Waals surface area contributed by atoms with Gasteiger partial charge >= 0.3 is 18.7 Å². The van der Waals surface area contributed by atoms with Crippen LogP contribution in [-0.4, -0.2) is 43.2 Å². The molecule has 0 aromatic heterocycles. The van der Waals surface area contributed by atoms with Crippen LogP contribution in [0, 0.1) is 0 Å². The quantitative estimate of drug-likeness (QED) is 0.418. The third-order valence-corrected chi connectivity index (χ3v) is 4.31. The molecule has 0 unspecified atom stereocenters. The number of methoxy groups -OCH3 is 1. The smallest absolute Gasteiger partial charge is 0.471 e. The van der Waals surface area contributed by atoms with Crippen molar-refractivity contribution in [1.82, 2.24) is 4.90 Å². The van der Waals surface area contributed by atoms with Gasteiger partial charge in [0.1, 0.15) is 0 Å². The van der Waals surface area contributed by atoms with Gasteiger partial charge in [-0.1, -0.05) is 18.2 Å². The summed E-state index contributed by atoms with van der Waals surface area (Å²) in [5.74, 6) is -2.59. The number of carbonyl (C=O) groups excluding carboxylic acids is 2. The minimum absolute atomic E-state index is 0.0550. The Balaban J connectivity index is 2.06. The molecule has 0 spiro atoms. The summed E-state index contributed by atoms with van der Waals surface area (Å²) in [4.78, 5) is 24.3. The molecule has 0 heterocycles. The van der Waals surface area contributed by atoms with Crippen LogP contribution in [0.25, 0.3) is 6.08 Å². The monoisotopic (exact) mass is 472 g/mol. The number of benzene rings is 2. The van der Waals surface area contributed by atoms with Gasteiger partial charge in [-0.05, 0) is 48.4 Å². The number of hydrogen-bond donors (Lipinski definition) is 1. The van der Waals surface area contributed by atoms with E-state index in [1.54, 1.807) is 0 Å². The molecule has 11 heteroatoms. The van der Waals surface area contributed by atoms with Crippen molar-refractivity contribution in [2.75, 3.05) is 19.0 Å². The molecule has 0 saturated heterocycles. The fourth-order valence-electron chi connectivity index (χ4n) is 2.81. The molecule has 2 amide bonds. The van der Waals surface area contributed by atoms with E-state index >= 15 is 0 Å². The fourth-order valence-corrected chi connectivity index (χ4v) is 2.81. The number of hydrogen-bond acceptors (Lipinski definition) is 4. The molecule has 0 aliphatic rings. The zero-order valence-corrected chi connectivity index (χ0v) is 17.7. The number of nitrogens with zero attached hydrogens (tertiary/aromatic N) is 1. The standard InChI is InChI=1S/C22H21F5N2O4/c1-3-29(20(31)22(25,26)27)13-15-5-4-6-16(11-15)28-19(30)10-8-14-7-9-17(33-21(23)24)18(12-14)32-2/h4-12,21H,3,13H2,1-2H3,(H,28,30)/b10-8+. The van der Waals surface area contributed by atoms with Gasteiger partial charge in [-0.15, -0.1) is 0 Å². The predicted molar refractivity (Wildman–Crippen MR) is 111 cm³/mol. The lowest BCUT2D eigenvalue weighted by atomic mass is 10.1. The fraction of sp³-hybridized carbons (Fsp3) is 0.273. The van der Waals surface area contributed by atoms with Crippen LogP contribution >= 0.6 is 0 Å². The van der Waals surface area contributed by atoms with E-state index in [1.807, 2.05) is 0 Å². The molecule has 33 heavy (non-hydrogen) atoms. The summed E-state index contributed by atoms with van der Waals surface area (Å²) in [5.41, 5.74) is 1.19. The van der Waals surface area contributed by atoms with E-state index in [0.717, 1.165) is 0 Å². The van der Waals surface area contributed by atoms with Crippen molar-refractivity contribution >= 4 is 23.6 Å². The lowest BCUT2D eigenvalue weighted by Gasteiger charge is -2.22. The van der Waals surface area contributed by atoms with Crippen molar-refractivity contribution in [3.63, 3.8) is 0 Å². The molecule has 0 bridgehead atoms. The number of anilines is 1. The lowest BCUT2D eigenvalue weighted by Crippen LogP contribution is -2.40. The van der Waals surface area contributed by atoms with Crippen molar-refractivity contribution in [1.29, 1.82) is 0 Å². The van der Waals surface area contributed by atoms with E-state index in [-0.39, 0.29) is 24.6 Å². The van der Waals surface area contributed by atoms with Gasteiger partial charge in [0.05, 0.1) is 7.11 Å². The molecule has 2 aromatic rings. The first-order valence-electron chi connectivity index (χ1n) is 9.60.